The van der Waals surface area contributed by atoms with E-state index in [0.29, 0.717) is 12.8 Å². The maximum Gasteiger partial charge on any atom is 0.266 e. The largest absolute Gasteiger partial charge is 0.266 e. The molecule has 0 aromatic carbocycles. The van der Waals surface area contributed by atoms with Gasteiger partial charge in [-0.25, -0.2) is 17.6 Å². The lowest BCUT2D eigenvalue weighted by Crippen LogP contribution is -2.11. The van der Waals surface area contributed by atoms with Crippen LogP contribution in [0.4, 0.5) is 17.6 Å². The summed E-state index contributed by atoms with van der Waals surface area (Å²) in [5, 5.41) is 0. The van der Waals surface area contributed by atoms with Crippen LogP contribution in [-0.4, -0.2) is 11.8 Å². The molecule has 20 heavy (non-hydrogen) atoms. The van der Waals surface area contributed by atoms with Crippen molar-refractivity contribution in [3.8, 4) is 0 Å². The Morgan fingerprint density at radius 1 is 0.600 bits per heavy atom. The number of halogens is 4. The minimum absolute atomic E-state index is 0.128. The molecule has 0 fully saturated rings. The smallest absolute Gasteiger partial charge is 0.202 e. The molecule has 0 saturated heterocycles. The van der Waals surface area contributed by atoms with Crippen molar-refractivity contribution in [3.63, 3.8) is 0 Å². The number of alkyl halides is 4. The van der Waals surface area contributed by atoms with Crippen molar-refractivity contribution in [2.75, 3.05) is 0 Å². The molecule has 0 rings (SSSR count). The molecule has 0 nitrogen and oxygen atoms in total. The van der Waals surface area contributed by atoms with Crippen LogP contribution in [0.3, 0.4) is 0 Å². The van der Waals surface area contributed by atoms with E-state index in [-0.39, 0.29) is 12.8 Å². The minimum Gasteiger partial charge on any atom is -0.202 e. The Hall–Kier alpha value is -0.800. The summed E-state index contributed by atoms with van der Waals surface area (Å²) in [6.07, 6.45) is 8.42. The predicted molar refractivity (Wildman–Crippen MR) is 76.5 cm³/mol. The third kappa shape index (κ3) is 11.1. The van der Waals surface area contributed by atoms with Crippen LogP contribution in [-0.2, 0) is 0 Å². The SMILES string of the molecule is C/C=C/C(F)(F)CCCCCCCCC(F)(F)/C=C/C. The van der Waals surface area contributed by atoms with Crippen LogP contribution >= 0.6 is 0 Å². The Morgan fingerprint density at radius 3 is 1.20 bits per heavy atom. The first-order chi connectivity index (χ1) is 9.33. The van der Waals surface area contributed by atoms with Gasteiger partial charge in [0.1, 0.15) is 0 Å². The first-order valence-corrected chi connectivity index (χ1v) is 7.36. The molecule has 0 aromatic heterocycles. The molecule has 0 atom stereocenters. The van der Waals surface area contributed by atoms with E-state index in [1.807, 2.05) is 0 Å². The van der Waals surface area contributed by atoms with Crippen molar-refractivity contribution in [2.24, 2.45) is 0 Å². The molecule has 0 aromatic rings. The van der Waals surface area contributed by atoms with Crippen molar-refractivity contribution in [3.05, 3.63) is 24.3 Å². The summed E-state index contributed by atoms with van der Waals surface area (Å²) in [6.45, 7) is 3.16. The summed E-state index contributed by atoms with van der Waals surface area (Å²) in [7, 11) is 0. The third-order valence-corrected chi connectivity index (χ3v) is 3.09. The second-order valence-corrected chi connectivity index (χ2v) is 5.14. The van der Waals surface area contributed by atoms with Crippen molar-refractivity contribution < 1.29 is 17.6 Å². The summed E-state index contributed by atoms with van der Waals surface area (Å²) in [6, 6.07) is 0. The zero-order valence-corrected chi connectivity index (χ0v) is 12.5. The fourth-order valence-corrected chi connectivity index (χ4v) is 2.08. The van der Waals surface area contributed by atoms with E-state index in [9.17, 15) is 17.6 Å². The van der Waals surface area contributed by atoms with Gasteiger partial charge in [0.05, 0.1) is 0 Å². The Balaban J connectivity index is 3.51. The van der Waals surface area contributed by atoms with Gasteiger partial charge < -0.3 is 0 Å². The molecule has 0 N–H and O–H groups in total. The van der Waals surface area contributed by atoms with E-state index in [0.717, 1.165) is 37.8 Å². The van der Waals surface area contributed by atoms with Gasteiger partial charge >= 0.3 is 0 Å². The fourth-order valence-electron chi connectivity index (χ4n) is 2.08. The van der Waals surface area contributed by atoms with Gasteiger partial charge in [0.2, 0.25) is 0 Å². The third-order valence-electron chi connectivity index (χ3n) is 3.09. The van der Waals surface area contributed by atoms with Gasteiger partial charge in [-0.05, 0) is 38.8 Å². The second kappa shape index (κ2) is 10.0. The van der Waals surface area contributed by atoms with Gasteiger partial charge in [0.15, 0.2) is 0 Å². The van der Waals surface area contributed by atoms with Crippen LogP contribution in [0.25, 0.3) is 0 Å². The lowest BCUT2D eigenvalue weighted by Gasteiger charge is -2.12. The molecule has 118 valence electrons. The van der Waals surface area contributed by atoms with E-state index in [2.05, 4.69) is 0 Å². The van der Waals surface area contributed by atoms with E-state index < -0.39 is 11.8 Å². The molecular formula is C16H26F4. The number of allylic oxidation sites excluding steroid dienone is 4. The maximum absolute atomic E-state index is 13.1. The Labute approximate surface area is 119 Å². The van der Waals surface area contributed by atoms with Crippen LogP contribution in [0, 0.1) is 0 Å². The normalized spacial score (nSPS) is 13.7. The number of hydrogen-bond donors (Lipinski definition) is 0. The van der Waals surface area contributed by atoms with Gasteiger partial charge in [-0.3, -0.25) is 0 Å². The molecule has 0 spiro atoms. The van der Waals surface area contributed by atoms with E-state index in [4.69, 9.17) is 0 Å². The quantitative estimate of drug-likeness (QED) is 0.231. The lowest BCUT2D eigenvalue weighted by molar-refractivity contribution is 0.0408. The summed E-state index contributed by atoms with van der Waals surface area (Å²) < 4.78 is 52.3. The Kier molecular flexibility index (Phi) is 9.60. The summed E-state index contributed by atoms with van der Waals surface area (Å²) in [5.41, 5.74) is 0. The van der Waals surface area contributed by atoms with Crippen LogP contribution in [0.2, 0.25) is 0 Å². The standard InChI is InChI=1S/C16H26F4/c1-3-11-15(17,18)13-9-7-5-6-8-10-14-16(19,20)12-4-2/h3-4,11-12H,5-10,13-14H2,1-2H3/b11-3+,12-4+. The van der Waals surface area contributed by atoms with E-state index in [1.54, 1.807) is 13.8 Å². The van der Waals surface area contributed by atoms with Crippen molar-refractivity contribution in [2.45, 2.75) is 77.1 Å². The molecule has 0 saturated carbocycles. The molecular weight excluding hydrogens is 268 g/mol. The van der Waals surface area contributed by atoms with Crippen LogP contribution in [0.5, 0.6) is 0 Å². The average molecular weight is 294 g/mol. The zero-order valence-electron chi connectivity index (χ0n) is 12.5. The molecule has 0 amide bonds. The van der Waals surface area contributed by atoms with E-state index in [1.165, 1.54) is 12.2 Å². The van der Waals surface area contributed by atoms with Gasteiger partial charge in [0, 0.05) is 12.8 Å². The highest BCUT2D eigenvalue weighted by atomic mass is 19.3. The first-order valence-electron chi connectivity index (χ1n) is 7.36. The second-order valence-electron chi connectivity index (χ2n) is 5.14. The first kappa shape index (κ1) is 19.2. The average Bonchev–Trinajstić information content (AvgIpc) is 2.32. The molecule has 0 unspecified atom stereocenters. The number of rotatable bonds is 11. The van der Waals surface area contributed by atoms with Gasteiger partial charge in [0.25, 0.3) is 11.8 Å². The van der Waals surface area contributed by atoms with Crippen LogP contribution in [0.1, 0.15) is 65.2 Å². The Morgan fingerprint density at radius 2 is 0.900 bits per heavy atom. The van der Waals surface area contributed by atoms with Crippen LogP contribution < -0.4 is 0 Å². The zero-order chi connectivity index (χ0) is 15.5. The molecule has 0 aliphatic heterocycles. The van der Waals surface area contributed by atoms with Crippen molar-refractivity contribution in [1.82, 2.24) is 0 Å². The maximum atomic E-state index is 13.1. The molecule has 0 aliphatic carbocycles. The summed E-state index contributed by atoms with van der Waals surface area (Å²) in [5.74, 6) is -5.41. The summed E-state index contributed by atoms with van der Waals surface area (Å²) in [4.78, 5) is 0. The van der Waals surface area contributed by atoms with Gasteiger partial charge in [-0.15, -0.1) is 0 Å². The molecule has 0 heterocycles. The minimum atomic E-state index is -2.71. The Bertz CT molecular complexity index is 263. The predicted octanol–water partition coefficient (Wildman–Crippen LogP) is 6.53. The molecule has 4 heteroatoms. The summed E-state index contributed by atoms with van der Waals surface area (Å²) >= 11 is 0. The van der Waals surface area contributed by atoms with Crippen molar-refractivity contribution in [1.29, 1.82) is 0 Å². The van der Waals surface area contributed by atoms with Gasteiger partial charge in [-0.2, -0.15) is 0 Å². The van der Waals surface area contributed by atoms with Crippen LogP contribution in [0.15, 0.2) is 24.3 Å². The number of hydrogen-bond acceptors (Lipinski definition) is 0. The lowest BCUT2D eigenvalue weighted by atomic mass is 10.0. The molecule has 0 aliphatic rings. The molecule has 0 bridgehead atoms. The monoisotopic (exact) mass is 294 g/mol. The number of unbranched alkanes of at least 4 members (excludes halogenated alkanes) is 5. The van der Waals surface area contributed by atoms with E-state index >= 15 is 0 Å². The highest BCUT2D eigenvalue weighted by Crippen LogP contribution is 2.25. The topological polar surface area (TPSA) is 0 Å². The molecule has 0 radical (unpaired) electrons. The van der Waals surface area contributed by atoms with Gasteiger partial charge in [-0.1, -0.05) is 37.8 Å². The van der Waals surface area contributed by atoms with Crippen molar-refractivity contribution >= 4 is 0 Å². The highest BCUT2D eigenvalue weighted by Gasteiger charge is 2.24. The highest BCUT2D eigenvalue weighted by molar-refractivity contribution is 4.92. The fraction of sp³-hybridized carbons (Fsp3) is 0.750.